The summed E-state index contributed by atoms with van der Waals surface area (Å²) < 4.78 is 26.2. The van der Waals surface area contributed by atoms with Crippen molar-refractivity contribution in [1.29, 1.82) is 0 Å². The molecule has 0 bridgehead atoms. The Morgan fingerprint density at radius 2 is 2.27 bits per heavy atom. The Morgan fingerprint density at radius 3 is 2.80 bits per heavy atom. The molecular formula is C9H15N3O2S. The molecule has 1 heterocycles. The van der Waals surface area contributed by atoms with Gasteiger partial charge in [-0.25, -0.2) is 13.1 Å². The van der Waals surface area contributed by atoms with Crippen molar-refractivity contribution in [1.82, 2.24) is 9.71 Å². The molecule has 4 N–H and O–H groups in total. The maximum absolute atomic E-state index is 11.8. The lowest BCUT2D eigenvalue weighted by Gasteiger charge is -2.11. The van der Waals surface area contributed by atoms with Crippen LogP contribution >= 0.6 is 0 Å². The lowest BCUT2D eigenvalue weighted by atomic mass is 10.2. The van der Waals surface area contributed by atoms with E-state index in [1.807, 2.05) is 0 Å². The third-order valence-electron chi connectivity index (χ3n) is 2.65. The van der Waals surface area contributed by atoms with Crippen LogP contribution in [0, 0.1) is 0 Å². The summed E-state index contributed by atoms with van der Waals surface area (Å²) >= 11 is 0. The predicted octanol–water partition coefficient (Wildman–Crippen LogP) is 0.173. The van der Waals surface area contributed by atoms with Crippen LogP contribution in [0.4, 0.5) is 0 Å². The van der Waals surface area contributed by atoms with E-state index in [4.69, 9.17) is 5.73 Å². The van der Waals surface area contributed by atoms with Gasteiger partial charge in [-0.3, -0.25) is 0 Å². The molecule has 2 rings (SSSR count). The Labute approximate surface area is 89.1 Å². The fourth-order valence-corrected chi connectivity index (χ4v) is 3.15. The van der Waals surface area contributed by atoms with Crippen molar-refractivity contribution < 1.29 is 8.42 Å². The van der Waals surface area contributed by atoms with Crippen LogP contribution in [0.3, 0.4) is 0 Å². The molecule has 1 aromatic rings. The SMILES string of the molecule is NC1CCC(NS(=O)(=O)c2ccc[nH]2)C1. The maximum Gasteiger partial charge on any atom is 0.256 e. The van der Waals surface area contributed by atoms with Crippen LogP contribution in [-0.2, 0) is 10.0 Å². The molecule has 1 aromatic heterocycles. The standard InChI is InChI=1S/C9H15N3O2S/c10-7-3-4-8(6-7)12-15(13,14)9-2-1-5-11-9/h1-2,5,7-8,11-12H,3-4,6,10H2. The minimum absolute atomic E-state index is 0.0201. The molecule has 2 unspecified atom stereocenters. The molecule has 1 saturated carbocycles. The van der Waals surface area contributed by atoms with Crippen molar-refractivity contribution in [2.45, 2.75) is 36.4 Å². The van der Waals surface area contributed by atoms with Gasteiger partial charge in [-0.05, 0) is 31.4 Å². The molecule has 6 heteroatoms. The molecule has 1 aliphatic carbocycles. The number of nitrogens with two attached hydrogens (primary N) is 1. The maximum atomic E-state index is 11.8. The Kier molecular flexibility index (Phi) is 2.81. The smallest absolute Gasteiger partial charge is 0.256 e. The molecule has 1 fully saturated rings. The highest BCUT2D eigenvalue weighted by atomic mass is 32.2. The third kappa shape index (κ3) is 2.39. The molecule has 0 aliphatic heterocycles. The van der Waals surface area contributed by atoms with Gasteiger partial charge in [0.05, 0.1) is 0 Å². The van der Waals surface area contributed by atoms with E-state index in [1.54, 1.807) is 12.3 Å². The minimum atomic E-state index is -3.38. The fourth-order valence-electron chi connectivity index (χ4n) is 1.89. The van der Waals surface area contributed by atoms with Crippen LogP contribution in [0.5, 0.6) is 0 Å². The topological polar surface area (TPSA) is 88.0 Å². The Bertz CT molecular complexity index is 413. The molecule has 84 valence electrons. The summed E-state index contributed by atoms with van der Waals surface area (Å²) in [5.41, 5.74) is 5.72. The highest BCUT2D eigenvalue weighted by Crippen LogP contribution is 2.19. The van der Waals surface area contributed by atoms with Gasteiger partial charge in [-0.1, -0.05) is 0 Å². The van der Waals surface area contributed by atoms with E-state index < -0.39 is 10.0 Å². The summed E-state index contributed by atoms with van der Waals surface area (Å²) in [7, 11) is -3.38. The van der Waals surface area contributed by atoms with Crippen molar-refractivity contribution in [2.75, 3.05) is 0 Å². The number of H-pyrrole nitrogens is 1. The monoisotopic (exact) mass is 229 g/mol. The predicted molar refractivity (Wildman–Crippen MR) is 56.7 cm³/mol. The van der Waals surface area contributed by atoms with Crippen molar-refractivity contribution >= 4 is 10.0 Å². The van der Waals surface area contributed by atoms with Crippen molar-refractivity contribution in [3.05, 3.63) is 18.3 Å². The third-order valence-corrected chi connectivity index (χ3v) is 4.13. The van der Waals surface area contributed by atoms with E-state index in [9.17, 15) is 8.42 Å². The molecule has 0 radical (unpaired) electrons. The quantitative estimate of drug-likeness (QED) is 0.690. The number of rotatable bonds is 3. The Hall–Kier alpha value is -0.850. The number of sulfonamides is 1. The van der Waals surface area contributed by atoms with Crippen LogP contribution in [-0.4, -0.2) is 25.5 Å². The van der Waals surface area contributed by atoms with Crippen LogP contribution in [0.1, 0.15) is 19.3 Å². The van der Waals surface area contributed by atoms with E-state index in [2.05, 4.69) is 9.71 Å². The molecule has 0 aromatic carbocycles. The zero-order valence-corrected chi connectivity index (χ0v) is 9.13. The number of nitrogens with one attached hydrogen (secondary N) is 2. The lowest BCUT2D eigenvalue weighted by Crippen LogP contribution is -2.34. The first-order chi connectivity index (χ1) is 7.08. The molecular weight excluding hydrogens is 214 g/mol. The number of hydrogen-bond acceptors (Lipinski definition) is 3. The first kappa shape index (κ1) is 10.7. The fraction of sp³-hybridized carbons (Fsp3) is 0.556. The Balaban J connectivity index is 2.06. The van der Waals surface area contributed by atoms with Crippen LogP contribution in [0.2, 0.25) is 0 Å². The zero-order chi connectivity index (χ0) is 10.9. The number of aromatic amines is 1. The summed E-state index contributed by atoms with van der Waals surface area (Å²) in [6.07, 6.45) is 4.02. The van der Waals surface area contributed by atoms with Gasteiger partial charge in [0.1, 0.15) is 5.03 Å². The molecule has 0 spiro atoms. The van der Waals surface area contributed by atoms with Crippen molar-refractivity contribution in [3.63, 3.8) is 0 Å². The van der Waals surface area contributed by atoms with Gasteiger partial charge in [-0.2, -0.15) is 0 Å². The summed E-state index contributed by atoms with van der Waals surface area (Å²) in [6, 6.07) is 3.31. The van der Waals surface area contributed by atoms with Gasteiger partial charge < -0.3 is 10.7 Å². The van der Waals surface area contributed by atoms with Gasteiger partial charge in [0.15, 0.2) is 0 Å². The van der Waals surface area contributed by atoms with Crippen LogP contribution in [0.15, 0.2) is 23.4 Å². The summed E-state index contributed by atoms with van der Waals surface area (Å²) in [5.74, 6) is 0. The molecule has 0 saturated heterocycles. The molecule has 0 amide bonds. The normalized spacial score (nSPS) is 27.0. The van der Waals surface area contributed by atoms with E-state index in [1.165, 1.54) is 6.07 Å². The summed E-state index contributed by atoms with van der Waals surface area (Å²) in [4.78, 5) is 2.68. The Morgan fingerprint density at radius 1 is 1.47 bits per heavy atom. The van der Waals surface area contributed by atoms with Crippen LogP contribution in [0.25, 0.3) is 0 Å². The van der Waals surface area contributed by atoms with E-state index in [0.717, 1.165) is 19.3 Å². The second-order valence-electron chi connectivity index (χ2n) is 3.93. The summed E-state index contributed by atoms with van der Waals surface area (Å²) in [5, 5.41) is 0.211. The second-order valence-corrected chi connectivity index (χ2v) is 5.61. The number of hydrogen-bond donors (Lipinski definition) is 3. The highest BCUT2D eigenvalue weighted by Gasteiger charge is 2.26. The first-order valence-corrected chi connectivity index (χ1v) is 6.47. The lowest BCUT2D eigenvalue weighted by molar-refractivity contribution is 0.546. The van der Waals surface area contributed by atoms with Gasteiger partial charge >= 0.3 is 0 Å². The van der Waals surface area contributed by atoms with Gasteiger partial charge in [0.2, 0.25) is 0 Å². The molecule has 2 atom stereocenters. The van der Waals surface area contributed by atoms with Crippen LogP contribution < -0.4 is 10.5 Å². The van der Waals surface area contributed by atoms with Crippen molar-refractivity contribution in [2.24, 2.45) is 5.73 Å². The average molecular weight is 229 g/mol. The van der Waals surface area contributed by atoms with Gasteiger partial charge in [0.25, 0.3) is 10.0 Å². The zero-order valence-electron chi connectivity index (χ0n) is 8.31. The first-order valence-electron chi connectivity index (χ1n) is 4.99. The minimum Gasteiger partial charge on any atom is -0.351 e. The highest BCUT2D eigenvalue weighted by molar-refractivity contribution is 7.89. The van der Waals surface area contributed by atoms with E-state index in [0.29, 0.717) is 0 Å². The van der Waals surface area contributed by atoms with E-state index in [-0.39, 0.29) is 17.1 Å². The largest absolute Gasteiger partial charge is 0.351 e. The average Bonchev–Trinajstić information content (AvgIpc) is 2.75. The van der Waals surface area contributed by atoms with Crippen molar-refractivity contribution in [3.8, 4) is 0 Å². The number of aromatic nitrogens is 1. The molecule has 15 heavy (non-hydrogen) atoms. The van der Waals surface area contributed by atoms with Gasteiger partial charge in [0, 0.05) is 18.3 Å². The van der Waals surface area contributed by atoms with E-state index >= 15 is 0 Å². The summed E-state index contributed by atoms with van der Waals surface area (Å²) in [6.45, 7) is 0. The van der Waals surface area contributed by atoms with Gasteiger partial charge in [-0.15, -0.1) is 0 Å². The molecule has 5 nitrogen and oxygen atoms in total. The second kappa shape index (κ2) is 3.96. The molecule has 1 aliphatic rings.